The summed E-state index contributed by atoms with van der Waals surface area (Å²) in [5.74, 6) is -2.32. The Morgan fingerprint density at radius 1 is 1.03 bits per heavy atom. The molecule has 2 saturated heterocycles. The molecule has 7 nitrogen and oxygen atoms in total. The lowest BCUT2D eigenvalue weighted by atomic mass is 10.1. The molecule has 1 N–H and O–H groups in total. The van der Waals surface area contributed by atoms with E-state index in [1.807, 2.05) is 0 Å². The second-order valence-corrected chi connectivity index (χ2v) is 10.0. The average molecular weight is 489 g/mol. The second-order valence-electron chi connectivity index (χ2n) is 7.27. The Morgan fingerprint density at radius 2 is 1.65 bits per heavy atom. The molecule has 2 aromatic carbocycles. The van der Waals surface area contributed by atoms with Crippen LogP contribution in [0.15, 0.2) is 41.3 Å². The molecule has 0 saturated carbocycles. The molecular weight excluding hydrogens is 470 g/mol. The summed E-state index contributed by atoms with van der Waals surface area (Å²) in [6.07, 6.45) is 0.701. The van der Waals surface area contributed by atoms with Crippen molar-refractivity contribution in [1.29, 1.82) is 0 Å². The van der Waals surface area contributed by atoms with Gasteiger partial charge in [-0.05, 0) is 36.4 Å². The van der Waals surface area contributed by atoms with E-state index in [2.05, 4.69) is 5.32 Å². The lowest BCUT2D eigenvalue weighted by molar-refractivity contribution is -0.179. The number of halogens is 3. The fourth-order valence-electron chi connectivity index (χ4n) is 3.66. The first-order chi connectivity index (χ1) is 14.7. The van der Waals surface area contributed by atoms with Gasteiger partial charge in [-0.1, -0.05) is 23.2 Å². The van der Waals surface area contributed by atoms with Gasteiger partial charge in [0.15, 0.2) is 5.79 Å². The van der Waals surface area contributed by atoms with E-state index in [9.17, 15) is 17.6 Å². The molecule has 2 aliphatic heterocycles. The lowest BCUT2D eigenvalue weighted by Crippen LogP contribution is -2.47. The molecule has 1 spiro atoms. The first-order valence-electron chi connectivity index (χ1n) is 9.54. The minimum absolute atomic E-state index is 0.0213. The number of piperidine rings is 1. The van der Waals surface area contributed by atoms with Crippen molar-refractivity contribution < 1.29 is 27.1 Å². The number of sulfonamides is 1. The van der Waals surface area contributed by atoms with E-state index in [4.69, 9.17) is 32.7 Å². The van der Waals surface area contributed by atoms with E-state index in [0.717, 1.165) is 12.1 Å². The summed E-state index contributed by atoms with van der Waals surface area (Å²) in [5, 5.41) is 3.22. The quantitative estimate of drug-likeness (QED) is 0.704. The van der Waals surface area contributed by atoms with Gasteiger partial charge in [0.25, 0.3) is 5.91 Å². The number of hydrogen-bond acceptors (Lipinski definition) is 5. The predicted molar refractivity (Wildman–Crippen MR) is 113 cm³/mol. The highest BCUT2D eigenvalue weighted by Gasteiger charge is 2.43. The molecule has 0 radical (unpaired) electrons. The van der Waals surface area contributed by atoms with Crippen LogP contribution in [-0.4, -0.2) is 50.7 Å². The molecule has 1 amide bonds. The highest BCUT2D eigenvalue weighted by molar-refractivity contribution is 7.89. The van der Waals surface area contributed by atoms with E-state index in [1.54, 1.807) is 0 Å². The molecule has 0 aromatic heterocycles. The summed E-state index contributed by atoms with van der Waals surface area (Å²) in [6, 6.07) is 7.68. The number of benzene rings is 2. The third-order valence-corrected chi connectivity index (χ3v) is 7.58. The molecule has 2 aromatic rings. The van der Waals surface area contributed by atoms with Crippen molar-refractivity contribution in [2.45, 2.75) is 23.5 Å². The van der Waals surface area contributed by atoms with E-state index in [-0.39, 0.29) is 18.7 Å². The van der Waals surface area contributed by atoms with Crippen molar-refractivity contribution in [2.75, 3.05) is 31.6 Å². The van der Waals surface area contributed by atoms with Crippen LogP contribution >= 0.6 is 23.2 Å². The highest BCUT2D eigenvalue weighted by Crippen LogP contribution is 2.34. The van der Waals surface area contributed by atoms with E-state index in [1.165, 1.54) is 28.6 Å². The molecule has 11 heteroatoms. The fourth-order valence-corrected chi connectivity index (χ4v) is 5.72. The van der Waals surface area contributed by atoms with Gasteiger partial charge < -0.3 is 14.8 Å². The Hall–Kier alpha value is -1.75. The summed E-state index contributed by atoms with van der Waals surface area (Å²) >= 11 is 11.9. The zero-order valence-electron chi connectivity index (χ0n) is 16.2. The monoisotopic (exact) mass is 488 g/mol. The number of nitrogens with zero attached hydrogens (tertiary/aromatic N) is 1. The van der Waals surface area contributed by atoms with E-state index < -0.39 is 32.4 Å². The molecule has 2 heterocycles. The standard InChI is InChI=1S/C20H19Cl2FN2O5S/c21-14-10-15(22)12-16(11-14)24-19(26)13-1-2-17(23)18(9-13)31(27,28)25-5-3-20(4-6-25)29-7-8-30-20/h1-2,9-12H,3-8H2,(H,24,26). The van der Waals surface area contributed by atoms with Gasteiger partial charge in [0.2, 0.25) is 10.0 Å². The van der Waals surface area contributed by atoms with Gasteiger partial charge in [0.05, 0.1) is 13.2 Å². The number of carbonyl (C=O) groups is 1. The molecule has 4 rings (SSSR count). The second kappa shape index (κ2) is 8.65. The fraction of sp³-hybridized carbons (Fsp3) is 0.350. The Kier molecular flexibility index (Phi) is 6.26. The Labute approximate surface area is 189 Å². The zero-order chi connectivity index (χ0) is 22.2. The van der Waals surface area contributed by atoms with Gasteiger partial charge in [0, 0.05) is 47.2 Å². The maximum absolute atomic E-state index is 14.5. The number of hydrogen-bond donors (Lipinski definition) is 1. The molecule has 166 valence electrons. The minimum atomic E-state index is -4.16. The van der Waals surface area contributed by atoms with Gasteiger partial charge in [0.1, 0.15) is 10.7 Å². The zero-order valence-corrected chi connectivity index (χ0v) is 18.6. The number of amides is 1. The Balaban J connectivity index is 1.55. The molecule has 31 heavy (non-hydrogen) atoms. The number of carbonyl (C=O) groups excluding carboxylic acids is 1. The number of ether oxygens (including phenoxy) is 2. The first kappa shape index (κ1) is 22.4. The lowest BCUT2D eigenvalue weighted by Gasteiger charge is -2.36. The highest BCUT2D eigenvalue weighted by atomic mass is 35.5. The molecule has 0 unspecified atom stereocenters. The smallest absolute Gasteiger partial charge is 0.255 e. The average Bonchev–Trinajstić information content (AvgIpc) is 3.15. The maximum Gasteiger partial charge on any atom is 0.255 e. The van der Waals surface area contributed by atoms with Crippen LogP contribution in [0.1, 0.15) is 23.2 Å². The Bertz CT molecular complexity index is 1090. The topological polar surface area (TPSA) is 84.9 Å². The summed E-state index contributed by atoms with van der Waals surface area (Å²) < 4.78 is 53.0. The van der Waals surface area contributed by atoms with Crippen LogP contribution in [-0.2, 0) is 19.5 Å². The third kappa shape index (κ3) is 4.72. The molecule has 0 atom stereocenters. The summed E-state index contributed by atoms with van der Waals surface area (Å²) in [4.78, 5) is 12.1. The van der Waals surface area contributed by atoms with Crippen LogP contribution < -0.4 is 5.32 Å². The van der Waals surface area contributed by atoms with Crippen LogP contribution in [0.25, 0.3) is 0 Å². The Morgan fingerprint density at radius 3 is 2.26 bits per heavy atom. The van der Waals surface area contributed by atoms with Crippen molar-refractivity contribution in [1.82, 2.24) is 4.31 Å². The number of anilines is 1. The normalized spacial score (nSPS) is 18.9. The van der Waals surface area contributed by atoms with Gasteiger partial charge >= 0.3 is 0 Å². The minimum Gasteiger partial charge on any atom is -0.347 e. The maximum atomic E-state index is 14.5. The molecular formula is C20H19Cl2FN2O5S. The summed E-state index contributed by atoms with van der Waals surface area (Å²) in [7, 11) is -4.16. The van der Waals surface area contributed by atoms with Crippen molar-refractivity contribution >= 4 is 44.8 Å². The first-order valence-corrected chi connectivity index (χ1v) is 11.7. The molecule has 2 aliphatic rings. The van der Waals surface area contributed by atoms with Crippen molar-refractivity contribution in [3.05, 3.63) is 57.8 Å². The number of rotatable bonds is 4. The van der Waals surface area contributed by atoms with Gasteiger partial charge in [-0.15, -0.1) is 0 Å². The van der Waals surface area contributed by atoms with Crippen molar-refractivity contribution in [2.24, 2.45) is 0 Å². The van der Waals surface area contributed by atoms with Crippen LogP contribution in [0.5, 0.6) is 0 Å². The summed E-state index contributed by atoms with van der Waals surface area (Å²) in [6.45, 7) is 1.19. The number of nitrogens with one attached hydrogen (secondary N) is 1. The third-order valence-electron chi connectivity index (χ3n) is 5.23. The molecule has 0 bridgehead atoms. The van der Waals surface area contributed by atoms with E-state index >= 15 is 0 Å². The van der Waals surface area contributed by atoms with Crippen LogP contribution in [0.4, 0.5) is 10.1 Å². The van der Waals surface area contributed by atoms with Gasteiger partial charge in [-0.3, -0.25) is 4.79 Å². The van der Waals surface area contributed by atoms with Gasteiger partial charge in [-0.2, -0.15) is 4.31 Å². The summed E-state index contributed by atoms with van der Waals surface area (Å²) in [5.41, 5.74) is 0.307. The SMILES string of the molecule is O=C(Nc1cc(Cl)cc(Cl)c1)c1ccc(F)c(S(=O)(=O)N2CCC3(CC2)OCCO3)c1. The van der Waals surface area contributed by atoms with Crippen molar-refractivity contribution in [3.8, 4) is 0 Å². The van der Waals surface area contributed by atoms with Crippen LogP contribution in [0.2, 0.25) is 10.0 Å². The van der Waals surface area contributed by atoms with Gasteiger partial charge in [-0.25, -0.2) is 12.8 Å². The van der Waals surface area contributed by atoms with Crippen LogP contribution in [0.3, 0.4) is 0 Å². The van der Waals surface area contributed by atoms with E-state index in [0.29, 0.717) is 41.8 Å². The molecule has 0 aliphatic carbocycles. The predicted octanol–water partition coefficient (Wildman–Crippen LogP) is 3.91. The van der Waals surface area contributed by atoms with Crippen molar-refractivity contribution in [3.63, 3.8) is 0 Å². The largest absolute Gasteiger partial charge is 0.347 e. The van der Waals surface area contributed by atoms with Crippen LogP contribution in [0, 0.1) is 5.82 Å². The molecule has 2 fully saturated rings.